The summed E-state index contributed by atoms with van der Waals surface area (Å²) in [6, 6.07) is 1.75. The number of nitrogens with one attached hydrogen (secondary N) is 1. The molecule has 0 unspecified atom stereocenters. The van der Waals surface area contributed by atoms with Crippen LogP contribution in [0, 0.1) is 4.64 Å². The highest BCUT2D eigenvalue weighted by molar-refractivity contribution is 7.71. The van der Waals surface area contributed by atoms with Crippen LogP contribution in [0.4, 0.5) is 0 Å². The number of aromatic amines is 1. The minimum Gasteiger partial charge on any atom is -0.374 e. The molecular formula is C8H12N2OS. The second-order valence-electron chi connectivity index (χ2n) is 2.43. The van der Waals surface area contributed by atoms with Crippen molar-refractivity contribution in [1.29, 1.82) is 0 Å². The van der Waals surface area contributed by atoms with Crippen molar-refractivity contribution in [2.24, 2.45) is 0 Å². The summed E-state index contributed by atoms with van der Waals surface area (Å²) in [4.78, 5) is 7.01. The first-order valence-electron chi connectivity index (χ1n) is 3.95. The minimum absolute atomic E-state index is 0.512. The predicted octanol–water partition coefficient (Wildman–Crippen LogP) is 2.07. The van der Waals surface area contributed by atoms with E-state index in [4.69, 9.17) is 17.0 Å². The van der Waals surface area contributed by atoms with E-state index in [1.54, 1.807) is 12.3 Å². The average molecular weight is 184 g/mol. The van der Waals surface area contributed by atoms with Gasteiger partial charge in [0.05, 0.1) is 0 Å². The lowest BCUT2D eigenvalue weighted by Gasteiger charge is -2.00. The van der Waals surface area contributed by atoms with Gasteiger partial charge in [-0.2, -0.15) is 0 Å². The highest BCUT2D eigenvalue weighted by Gasteiger charge is 1.92. The molecule has 3 nitrogen and oxygen atoms in total. The van der Waals surface area contributed by atoms with Crippen molar-refractivity contribution < 1.29 is 4.74 Å². The number of aromatic nitrogens is 2. The Kier molecular flexibility index (Phi) is 3.90. The van der Waals surface area contributed by atoms with Crippen LogP contribution in [0.15, 0.2) is 12.3 Å². The normalized spacial score (nSPS) is 10.1. The lowest BCUT2D eigenvalue weighted by Crippen LogP contribution is -1.99. The van der Waals surface area contributed by atoms with Gasteiger partial charge in [-0.25, -0.2) is 4.98 Å². The van der Waals surface area contributed by atoms with E-state index < -0.39 is 0 Å². The maximum Gasteiger partial charge on any atom is 0.133 e. The maximum absolute atomic E-state index is 5.28. The van der Waals surface area contributed by atoms with Gasteiger partial charge in [0.15, 0.2) is 0 Å². The fraction of sp³-hybridized carbons (Fsp3) is 0.500. The zero-order valence-corrected chi connectivity index (χ0v) is 7.86. The van der Waals surface area contributed by atoms with Gasteiger partial charge in [0, 0.05) is 12.8 Å². The van der Waals surface area contributed by atoms with Crippen LogP contribution in [0.1, 0.15) is 19.2 Å². The molecule has 0 atom stereocenters. The van der Waals surface area contributed by atoms with Crippen LogP contribution in [-0.2, 0) is 11.3 Å². The van der Waals surface area contributed by atoms with E-state index in [0.717, 1.165) is 18.9 Å². The second kappa shape index (κ2) is 5.00. The van der Waals surface area contributed by atoms with Gasteiger partial charge in [-0.3, -0.25) is 0 Å². The van der Waals surface area contributed by atoms with E-state index in [0.29, 0.717) is 11.2 Å². The maximum atomic E-state index is 5.28. The molecule has 0 aromatic carbocycles. The standard InChI is InChI=1S/C8H12N2OS/c1-2-5-11-6-7-9-4-3-8(12)10-7/h3-4H,2,5-6H2,1H3,(H,9,10,12). The topological polar surface area (TPSA) is 37.9 Å². The number of ether oxygens (including phenoxy) is 1. The van der Waals surface area contributed by atoms with Crippen LogP contribution in [-0.4, -0.2) is 16.6 Å². The Labute approximate surface area is 76.8 Å². The Morgan fingerprint density at radius 2 is 2.50 bits per heavy atom. The molecule has 0 saturated carbocycles. The first kappa shape index (κ1) is 9.35. The molecule has 0 fully saturated rings. The molecule has 0 spiro atoms. The molecule has 0 bridgehead atoms. The van der Waals surface area contributed by atoms with Crippen LogP contribution >= 0.6 is 12.2 Å². The first-order chi connectivity index (χ1) is 5.83. The molecule has 0 aliphatic carbocycles. The Hall–Kier alpha value is -0.740. The van der Waals surface area contributed by atoms with Crippen molar-refractivity contribution in [3.8, 4) is 0 Å². The van der Waals surface area contributed by atoms with Gasteiger partial charge < -0.3 is 9.72 Å². The lowest BCUT2D eigenvalue weighted by atomic mass is 10.5. The zero-order chi connectivity index (χ0) is 8.81. The average Bonchev–Trinajstić information content (AvgIpc) is 2.05. The lowest BCUT2D eigenvalue weighted by molar-refractivity contribution is 0.116. The number of hydrogen-bond acceptors (Lipinski definition) is 3. The third-order valence-electron chi connectivity index (χ3n) is 1.31. The predicted molar refractivity (Wildman–Crippen MR) is 49.4 cm³/mol. The molecule has 0 saturated heterocycles. The highest BCUT2D eigenvalue weighted by Crippen LogP contribution is 1.93. The van der Waals surface area contributed by atoms with Gasteiger partial charge in [0.1, 0.15) is 17.1 Å². The fourth-order valence-electron chi connectivity index (χ4n) is 0.798. The summed E-state index contributed by atoms with van der Waals surface area (Å²) in [7, 11) is 0. The molecule has 4 heteroatoms. The second-order valence-corrected chi connectivity index (χ2v) is 2.87. The molecule has 1 heterocycles. The molecule has 0 amide bonds. The Balaban J connectivity index is 2.47. The third kappa shape index (κ3) is 3.11. The molecule has 12 heavy (non-hydrogen) atoms. The summed E-state index contributed by atoms with van der Waals surface area (Å²) in [5.74, 6) is 0.788. The van der Waals surface area contributed by atoms with Crippen molar-refractivity contribution in [3.63, 3.8) is 0 Å². The largest absolute Gasteiger partial charge is 0.374 e. The van der Waals surface area contributed by atoms with Crippen molar-refractivity contribution in [2.75, 3.05) is 6.61 Å². The van der Waals surface area contributed by atoms with Crippen molar-refractivity contribution in [1.82, 2.24) is 9.97 Å². The van der Waals surface area contributed by atoms with Crippen molar-refractivity contribution >= 4 is 12.2 Å². The summed E-state index contributed by atoms with van der Waals surface area (Å²) < 4.78 is 5.98. The number of nitrogens with zero attached hydrogens (tertiary/aromatic N) is 1. The van der Waals surface area contributed by atoms with Gasteiger partial charge in [0.2, 0.25) is 0 Å². The van der Waals surface area contributed by atoms with E-state index in [2.05, 4.69) is 16.9 Å². The summed E-state index contributed by atoms with van der Waals surface area (Å²) in [6.07, 6.45) is 2.71. The van der Waals surface area contributed by atoms with E-state index in [-0.39, 0.29) is 0 Å². The van der Waals surface area contributed by atoms with Gasteiger partial charge >= 0.3 is 0 Å². The quantitative estimate of drug-likeness (QED) is 0.575. The van der Waals surface area contributed by atoms with Crippen molar-refractivity contribution in [3.05, 3.63) is 22.7 Å². The summed E-state index contributed by atoms with van der Waals surface area (Å²) in [6.45, 7) is 3.34. The van der Waals surface area contributed by atoms with Gasteiger partial charge in [-0.1, -0.05) is 19.1 Å². The Morgan fingerprint density at radius 3 is 3.17 bits per heavy atom. The highest BCUT2D eigenvalue weighted by atomic mass is 32.1. The number of hydrogen-bond donors (Lipinski definition) is 1. The molecule has 1 rings (SSSR count). The van der Waals surface area contributed by atoms with Crippen LogP contribution < -0.4 is 0 Å². The van der Waals surface area contributed by atoms with Gasteiger partial charge in [0.25, 0.3) is 0 Å². The Bertz CT molecular complexity index is 284. The monoisotopic (exact) mass is 184 g/mol. The minimum atomic E-state index is 0.512. The number of H-pyrrole nitrogens is 1. The summed E-state index contributed by atoms with van der Waals surface area (Å²) in [5.41, 5.74) is 0. The molecular weight excluding hydrogens is 172 g/mol. The summed E-state index contributed by atoms with van der Waals surface area (Å²) in [5, 5.41) is 0. The van der Waals surface area contributed by atoms with E-state index >= 15 is 0 Å². The molecule has 66 valence electrons. The van der Waals surface area contributed by atoms with E-state index in [1.807, 2.05) is 0 Å². The third-order valence-corrected chi connectivity index (χ3v) is 1.55. The van der Waals surface area contributed by atoms with Crippen LogP contribution in [0.5, 0.6) is 0 Å². The SMILES string of the molecule is CCCOCc1nccc(=S)[nH]1. The van der Waals surface area contributed by atoms with Crippen LogP contribution in [0.25, 0.3) is 0 Å². The van der Waals surface area contributed by atoms with Gasteiger partial charge in [-0.05, 0) is 12.5 Å². The van der Waals surface area contributed by atoms with E-state index in [1.165, 1.54) is 0 Å². The number of rotatable bonds is 4. The molecule has 1 N–H and O–H groups in total. The zero-order valence-electron chi connectivity index (χ0n) is 7.04. The van der Waals surface area contributed by atoms with Crippen LogP contribution in [0.3, 0.4) is 0 Å². The van der Waals surface area contributed by atoms with Crippen LogP contribution in [0.2, 0.25) is 0 Å². The molecule has 0 radical (unpaired) electrons. The smallest absolute Gasteiger partial charge is 0.133 e. The molecule has 1 aromatic rings. The van der Waals surface area contributed by atoms with Crippen molar-refractivity contribution in [2.45, 2.75) is 20.0 Å². The van der Waals surface area contributed by atoms with Gasteiger partial charge in [-0.15, -0.1) is 0 Å². The fourth-order valence-corrected chi connectivity index (χ4v) is 0.976. The molecule has 1 aromatic heterocycles. The van der Waals surface area contributed by atoms with E-state index in [9.17, 15) is 0 Å². The Morgan fingerprint density at radius 1 is 1.67 bits per heavy atom. The summed E-state index contributed by atoms with van der Waals surface area (Å²) >= 11 is 4.93. The molecule has 0 aliphatic heterocycles. The molecule has 0 aliphatic rings. The first-order valence-corrected chi connectivity index (χ1v) is 4.35.